The first-order valence-corrected chi connectivity index (χ1v) is 8.20. The molecule has 0 radical (unpaired) electrons. The van der Waals surface area contributed by atoms with Crippen molar-refractivity contribution in [2.45, 2.75) is 44.9 Å². The molecule has 1 unspecified atom stereocenters. The normalized spacial score (nSPS) is 21.3. The van der Waals surface area contributed by atoms with Crippen LogP contribution in [0.15, 0.2) is 42.5 Å². The van der Waals surface area contributed by atoms with E-state index in [4.69, 9.17) is 4.74 Å². The molecule has 21 heavy (non-hydrogen) atoms. The van der Waals surface area contributed by atoms with Crippen LogP contribution < -0.4 is 4.74 Å². The third kappa shape index (κ3) is 2.25. The van der Waals surface area contributed by atoms with Crippen LogP contribution in [0.2, 0.25) is 0 Å². The fraction of sp³-hybridized carbons (Fsp3) is 0.400. The molecular weight excluding hydrogens is 256 g/mol. The molecule has 0 saturated heterocycles. The predicted octanol–water partition coefficient (Wildman–Crippen LogP) is 5.81. The summed E-state index contributed by atoms with van der Waals surface area (Å²) in [6.07, 6.45) is 6.87. The van der Waals surface area contributed by atoms with E-state index in [0.29, 0.717) is 5.92 Å². The molecule has 1 heteroatoms. The summed E-state index contributed by atoms with van der Waals surface area (Å²) in [6, 6.07) is 15.3. The highest BCUT2D eigenvalue weighted by Gasteiger charge is 2.33. The molecule has 0 aromatic heterocycles. The van der Waals surface area contributed by atoms with Crippen LogP contribution in [0, 0.1) is 12.8 Å². The van der Waals surface area contributed by atoms with Crippen molar-refractivity contribution in [2.75, 3.05) is 0 Å². The molecule has 1 heterocycles. The van der Waals surface area contributed by atoms with Crippen molar-refractivity contribution < 1.29 is 4.74 Å². The van der Waals surface area contributed by atoms with Gasteiger partial charge in [0.25, 0.3) is 0 Å². The van der Waals surface area contributed by atoms with Gasteiger partial charge >= 0.3 is 0 Å². The first kappa shape index (κ1) is 12.9. The lowest BCUT2D eigenvalue weighted by Gasteiger charge is -2.36. The van der Waals surface area contributed by atoms with Crippen molar-refractivity contribution in [3.63, 3.8) is 0 Å². The molecule has 1 aliphatic heterocycles. The minimum atomic E-state index is 0.519. The fourth-order valence-electron chi connectivity index (χ4n) is 4.10. The molecule has 0 spiro atoms. The Labute approximate surface area is 127 Å². The van der Waals surface area contributed by atoms with Gasteiger partial charge in [-0.15, -0.1) is 0 Å². The molecule has 0 bridgehead atoms. The zero-order valence-electron chi connectivity index (χ0n) is 12.6. The second-order valence-electron chi connectivity index (χ2n) is 6.56. The van der Waals surface area contributed by atoms with Crippen LogP contribution >= 0.6 is 0 Å². The van der Waals surface area contributed by atoms with Gasteiger partial charge in [0, 0.05) is 17.0 Å². The van der Waals surface area contributed by atoms with Crippen LogP contribution in [0.1, 0.15) is 54.7 Å². The maximum absolute atomic E-state index is 6.15. The number of aryl methyl sites for hydroxylation is 1. The number of hydrogen-bond acceptors (Lipinski definition) is 1. The van der Waals surface area contributed by atoms with Gasteiger partial charge in [-0.2, -0.15) is 0 Å². The lowest BCUT2D eigenvalue weighted by Crippen LogP contribution is -2.21. The van der Waals surface area contributed by atoms with Gasteiger partial charge in [0.2, 0.25) is 0 Å². The van der Waals surface area contributed by atoms with Crippen molar-refractivity contribution in [2.24, 2.45) is 5.92 Å². The Hall–Kier alpha value is -1.76. The van der Waals surface area contributed by atoms with Crippen LogP contribution in [0.4, 0.5) is 0 Å². The van der Waals surface area contributed by atoms with E-state index in [-0.39, 0.29) is 0 Å². The molecule has 108 valence electrons. The maximum atomic E-state index is 6.15. The minimum Gasteiger partial charge on any atom is -0.457 e. The number of fused-ring (bicyclic) bond motifs is 2. The van der Waals surface area contributed by atoms with Crippen molar-refractivity contribution in [1.29, 1.82) is 0 Å². The summed E-state index contributed by atoms with van der Waals surface area (Å²) in [5.74, 6) is 3.41. The van der Waals surface area contributed by atoms with E-state index in [9.17, 15) is 0 Å². The van der Waals surface area contributed by atoms with Crippen LogP contribution in [0.25, 0.3) is 0 Å². The van der Waals surface area contributed by atoms with Crippen LogP contribution in [0.3, 0.4) is 0 Å². The molecule has 0 N–H and O–H groups in total. The van der Waals surface area contributed by atoms with E-state index in [1.807, 2.05) is 0 Å². The monoisotopic (exact) mass is 278 g/mol. The Bertz CT molecular complexity index is 653. The average molecular weight is 278 g/mol. The molecule has 0 amide bonds. The van der Waals surface area contributed by atoms with Crippen LogP contribution in [-0.4, -0.2) is 0 Å². The third-order valence-corrected chi connectivity index (χ3v) is 5.10. The maximum Gasteiger partial charge on any atom is 0.131 e. The highest BCUT2D eigenvalue weighted by atomic mass is 16.5. The minimum absolute atomic E-state index is 0.519. The summed E-state index contributed by atoms with van der Waals surface area (Å²) >= 11 is 0. The van der Waals surface area contributed by atoms with Gasteiger partial charge in [0.05, 0.1) is 0 Å². The van der Waals surface area contributed by atoms with Gasteiger partial charge in [-0.3, -0.25) is 0 Å². The highest BCUT2D eigenvalue weighted by molar-refractivity contribution is 5.54. The molecule has 1 nitrogen and oxygen atoms in total. The zero-order chi connectivity index (χ0) is 14.2. The number of rotatable bonds is 1. The van der Waals surface area contributed by atoms with E-state index in [2.05, 4.69) is 49.4 Å². The van der Waals surface area contributed by atoms with Crippen molar-refractivity contribution in [3.05, 3.63) is 59.2 Å². The molecule has 4 rings (SSSR count). The Morgan fingerprint density at radius 2 is 1.62 bits per heavy atom. The zero-order valence-corrected chi connectivity index (χ0v) is 12.6. The predicted molar refractivity (Wildman–Crippen MR) is 86.1 cm³/mol. The summed E-state index contributed by atoms with van der Waals surface area (Å²) in [4.78, 5) is 0. The van der Waals surface area contributed by atoms with Gasteiger partial charge in [0.1, 0.15) is 11.5 Å². The molecule has 2 aromatic rings. The van der Waals surface area contributed by atoms with Crippen LogP contribution in [0.5, 0.6) is 11.5 Å². The molecule has 2 aromatic carbocycles. The van der Waals surface area contributed by atoms with Crippen molar-refractivity contribution in [1.82, 2.24) is 0 Å². The summed E-state index contributed by atoms with van der Waals surface area (Å²) in [5.41, 5.74) is 4.13. The fourth-order valence-corrected chi connectivity index (χ4v) is 4.10. The third-order valence-electron chi connectivity index (χ3n) is 5.10. The summed E-state index contributed by atoms with van der Waals surface area (Å²) in [5, 5.41) is 0. The Morgan fingerprint density at radius 3 is 2.48 bits per heavy atom. The van der Waals surface area contributed by atoms with E-state index in [1.165, 1.54) is 48.8 Å². The van der Waals surface area contributed by atoms with Crippen molar-refractivity contribution in [3.8, 4) is 11.5 Å². The lowest BCUT2D eigenvalue weighted by atomic mass is 9.72. The van der Waals surface area contributed by atoms with E-state index >= 15 is 0 Å². The van der Waals surface area contributed by atoms with Gasteiger partial charge in [-0.25, -0.2) is 0 Å². The highest BCUT2D eigenvalue weighted by Crippen LogP contribution is 2.50. The molecule has 1 aliphatic carbocycles. The van der Waals surface area contributed by atoms with Gasteiger partial charge < -0.3 is 4.74 Å². The van der Waals surface area contributed by atoms with Gasteiger partial charge in [-0.05, 0) is 37.8 Å². The molecule has 1 saturated carbocycles. The van der Waals surface area contributed by atoms with Gasteiger partial charge in [-0.1, -0.05) is 55.2 Å². The largest absolute Gasteiger partial charge is 0.457 e. The van der Waals surface area contributed by atoms with E-state index in [0.717, 1.165) is 17.4 Å². The standard InChI is InChI=1S/C20H22O/c1-14-11-12-19-17(13-14)20(15-7-3-2-4-8-15)16-9-5-6-10-18(16)21-19/h5-6,9-13,15,20H,2-4,7-8H2,1H3. The smallest absolute Gasteiger partial charge is 0.131 e. The summed E-state index contributed by atoms with van der Waals surface area (Å²) in [7, 11) is 0. The molecule has 2 aliphatic rings. The second-order valence-corrected chi connectivity index (χ2v) is 6.56. The molecule has 1 fully saturated rings. The van der Waals surface area contributed by atoms with Crippen LogP contribution in [-0.2, 0) is 0 Å². The van der Waals surface area contributed by atoms with E-state index in [1.54, 1.807) is 0 Å². The Morgan fingerprint density at radius 1 is 0.857 bits per heavy atom. The quantitative estimate of drug-likeness (QED) is 0.639. The Kier molecular flexibility index (Phi) is 3.21. The van der Waals surface area contributed by atoms with Gasteiger partial charge in [0.15, 0.2) is 0 Å². The Balaban J connectivity index is 1.85. The number of para-hydroxylation sites is 1. The summed E-state index contributed by atoms with van der Waals surface area (Å²) in [6.45, 7) is 2.18. The van der Waals surface area contributed by atoms with Crippen molar-refractivity contribution >= 4 is 0 Å². The van der Waals surface area contributed by atoms with E-state index < -0.39 is 0 Å². The average Bonchev–Trinajstić information content (AvgIpc) is 2.53. The number of benzene rings is 2. The lowest BCUT2D eigenvalue weighted by molar-refractivity contribution is 0.309. The molecule has 1 atom stereocenters. The second kappa shape index (κ2) is 5.22. The summed E-state index contributed by atoms with van der Waals surface area (Å²) < 4.78 is 6.15. The molecular formula is C20H22O. The first-order valence-electron chi connectivity index (χ1n) is 8.20. The number of hydrogen-bond donors (Lipinski definition) is 0. The SMILES string of the molecule is Cc1ccc2c(c1)C(C1CCCCC1)c1ccccc1O2. The first-order chi connectivity index (χ1) is 10.3. The number of ether oxygens (including phenoxy) is 1. The topological polar surface area (TPSA) is 9.23 Å².